The summed E-state index contributed by atoms with van der Waals surface area (Å²) in [6.45, 7) is -1.79. The highest BCUT2D eigenvalue weighted by atomic mass is 16.7. The monoisotopic (exact) mass is 242 g/mol. The maximum absolute atomic E-state index is 8.72. The summed E-state index contributed by atoms with van der Waals surface area (Å²) in [7, 11) is 0. The number of ether oxygens (including phenoxy) is 1. The van der Waals surface area contributed by atoms with Crippen molar-refractivity contribution in [2.45, 2.75) is 6.48 Å². The van der Waals surface area contributed by atoms with Crippen molar-refractivity contribution in [2.75, 3.05) is 0 Å². The molecule has 0 aliphatic rings. The Morgan fingerprint density at radius 3 is 2.22 bits per heavy atom. The molecule has 0 aliphatic carbocycles. The van der Waals surface area contributed by atoms with Crippen LogP contribution in [-0.4, -0.2) is 16.7 Å². The molecule has 2 aromatic carbocycles. The minimum atomic E-state index is -1.79. The van der Waals surface area contributed by atoms with Gasteiger partial charge in [-0.3, -0.25) is 0 Å². The van der Waals surface area contributed by atoms with Crippen molar-refractivity contribution in [3.05, 3.63) is 65.7 Å². The van der Waals surface area contributed by atoms with Gasteiger partial charge in [0.05, 0.1) is 0 Å². The van der Waals surface area contributed by atoms with Crippen LogP contribution in [0.1, 0.15) is 11.1 Å². The van der Waals surface area contributed by atoms with Crippen molar-refractivity contribution in [1.29, 1.82) is 0 Å². The van der Waals surface area contributed by atoms with Crippen LogP contribution in [0.2, 0.25) is 0 Å². The molecule has 3 heteroatoms. The van der Waals surface area contributed by atoms with Gasteiger partial charge in [-0.15, -0.1) is 0 Å². The van der Waals surface area contributed by atoms with E-state index in [0.29, 0.717) is 5.75 Å². The highest BCUT2D eigenvalue weighted by Crippen LogP contribution is 2.16. The fourth-order valence-corrected chi connectivity index (χ4v) is 1.57. The van der Waals surface area contributed by atoms with Gasteiger partial charge in [0.15, 0.2) is 0 Å². The van der Waals surface area contributed by atoms with Gasteiger partial charge in [-0.2, -0.15) is 0 Å². The van der Waals surface area contributed by atoms with E-state index < -0.39 is 6.48 Å². The zero-order chi connectivity index (χ0) is 12.8. The molecule has 3 nitrogen and oxygen atoms in total. The third-order valence-corrected chi connectivity index (χ3v) is 2.37. The van der Waals surface area contributed by atoms with Crippen LogP contribution >= 0.6 is 0 Å². The minimum absolute atomic E-state index is 0.417. The molecule has 2 rings (SSSR count). The second-order valence-corrected chi connectivity index (χ2v) is 3.76. The smallest absolute Gasteiger partial charge is 0.310 e. The zero-order valence-electron chi connectivity index (χ0n) is 9.73. The summed E-state index contributed by atoms with van der Waals surface area (Å²) < 4.78 is 4.78. The van der Waals surface area contributed by atoms with Crippen LogP contribution in [0.25, 0.3) is 12.2 Å². The predicted octanol–water partition coefficient (Wildman–Crippen LogP) is 2.50. The van der Waals surface area contributed by atoms with E-state index >= 15 is 0 Å². The molecule has 0 spiro atoms. The van der Waals surface area contributed by atoms with Crippen LogP contribution in [0.3, 0.4) is 0 Å². The highest BCUT2D eigenvalue weighted by Gasteiger charge is 1.99. The molecule has 0 radical (unpaired) electrons. The average Bonchev–Trinajstić information content (AvgIpc) is 2.37. The summed E-state index contributed by atoms with van der Waals surface area (Å²) >= 11 is 0. The molecule has 0 bridgehead atoms. The van der Waals surface area contributed by atoms with Gasteiger partial charge in [0, 0.05) is 0 Å². The third kappa shape index (κ3) is 3.73. The van der Waals surface area contributed by atoms with E-state index in [1.165, 1.54) is 0 Å². The van der Waals surface area contributed by atoms with E-state index in [1.54, 1.807) is 18.2 Å². The summed E-state index contributed by atoms with van der Waals surface area (Å²) in [5, 5.41) is 17.4. The highest BCUT2D eigenvalue weighted by molar-refractivity contribution is 5.70. The quantitative estimate of drug-likeness (QED) is 0.639. The molecule has 18 heavy (non-hydrogen) atoms. The summed E-state index contributed by atoms with van der Waals surface area (Å²) in [6, 6.07) is 17.0. The van der Waals surface area contributed by atoms with Crippen molar-refractivity contribution in [2.24, 2.45) is 0 Å². The number of hydrogen-bond acceptors (Lipinski definition) is 3. The molecule has 0 atom stereocenters. The average molecular weight is 242 g/mol. The zero-order valence-corrected chi connectivity index (χ0v) is 9.73. The molecule has 0 fully saturated rings. The van der Waals surface area contributed by atoms with E-state index in [4.69, 9.17) is 14.9 Å². The van der Waals surface area contributed by atoms with Crippen LogP contribution in [0.5, 0.6) is 5.75 Å². The molecule has 0 aromatic heterocycles. The molecule has 0 unspecified atom stereocenters. The van der Waals surface area contributed by atoms with Crippen LogP contribution in [0.4, 0.5) is 0 Å². The Kier molecular flexibility index (Phi) is 4.12. The first-order chi connectivity index (χ1) is 8.74. The Balaban J connectivity index is 2.12. The lowest BCUT2D eigenvalue weighted by atomic mass is 10.1. The van der Waals surface area contributed by atoms with Gasteiger partial charge in [-0.05, 0) is 23.3 Å². The van der Waals surface area contributed by atoms with Gasteiger partial charge in [0.1, 0.15) is 5.75 Å². The number of aliphatic hydroxyl groups excluding tert-OH is 1. The molecule has 0 amide bonds. The maximum Gasteiger partial charge on any atom is 0.310 e. The van der Waals surface area contributed by atoms with Crippen LogP contribution in [0, 0.1) is 0 Å². The number of hydrogen-bond donors (Lipinski definition) is 2. The number of benzene rings is 2. The first-order valence-electron chi connectivity index (χ1n) is 5.60. The van der Waals surface area contributed by atoms with Crippen molar-refractivity contribution < 1.29 is 14.9 Å². The van der Waals surface area contributed by atoms with Gasteiger partial charge < -0.3 is 14.9 Å². The Labute approximate surface area is 106 Å². The topological polar surface area (TPSA) is 49.7 Å². The van der Waals surface area contributed by atoms with Crippen molar-refractivity contribution in [3.8, 4) is 5.75 Å². The molecule has 0 aliphatic heterocycles. The fourth-order valence-electron chi connectivity index (χ4n) is 1.57. The first kappa shape index (κ1) is 12.4. The normalized spacial score (nSPS) is 11.1. The largest absolute Gasteiger partial charge is 0.442 e. The van der Waals surface area contributed by atoms with Crippen LogP contribution < -0.4 is 4.74 Å². The van der Waals surface area contributed by atoms with Gasteiger partial charge >= 0.3 is 6.48 Å². The van der Waals surface area contributed by atoms with Crippen molar-refractivity contribution in [1.82, 2.24) is 0 Å². The standard InChI is InChI=1S/C15H14O3/c16-15(17)18-14-8-4-7-13(11-14)10-9-12-5-2-1-3-6-12/h1-11,15-17H/b10-9+. The Bertz CT molecular complexity index is 518. The Morgan fingerprint density at radius 2 is 1.50 bits per heavy atom. The molecule has 0 heterocycles. The SMILES string of the molecule is OC(O)Oc1cccc(/C=C/c2ccccc2)c1. The lowest BCUT2D eigenvalue weighted by Crippen LogP contribution is -2.13. The Hall–Kier alpha value is -2.10. The van der Waals surface area contributed by atoms with Crippen LogP contribution in [-0.2, 0) is 0 Å². The minimum Gasteiger partial charge on any atom is -0.442 e. The van der Waals surface area contributed by atoms with Crippen molar-refractivity contribution >= 4 is 12.2 Å². The van der Waals surface area contributed by atoms with Crippen molar-refractivity contribution in [3.63, 3.8) is 0 Å². The second-order valence-electron chi connectivity index (χ2n) is 3.76. The summed E-state index contributed by atoms with van der Waals surface area (Å²) in [6.07, 6.45) is 3.92. The van der Waals surface area contributed by atoms with E-state index in [9.17, 15) is 0 Å². The van der Waals surface area contributed by atoms with E-state index in [-0.39, 0.29) is 0 Å². The van der Waals surface area contributed by atoms with Gasteiger partial charge in [0.2, 0.25) is 0 Å². The lowest BCUT2D eigenvalue weighted by Gasteiger charge is -2.07. The second kappa shape index (κ2) is 6.00. The molecule has 0 saturated heterocycles. The first-order valence-corrected chi connectivity index (χ1v) is 5.60. The fraction of sp³-hybridized carbons (Fsp3) is 0.0667. The van der Waals surface area contributed by atoms with Gasteiger partial charge in [0.25, 0.3) is 0 Å². The number of aliphatic hydroxyl groups is 2. The maximum atomic E-state index is 8.72. The van der Waals surface area contributed by atoms with Crippen LogP contribution in [0.15, 0.2) is 54.6 Å². The summed E-state index contributed by atoms with van der Waals surface area (Å²) in [5.74, 6) is 0.417. The van der Waals surface area contributed by atoms with Gasteiger partial charge in [-0.25, -0.2) is 0 Å². The van der Waals surface area contributed by atoms with E-state index in [0.717, 1.165) is 11.1 Å². The third-order valence-electron chi connectivity index (χ3n) is 2.37. The molecule has 2 N–H and O–H groups in total. The molecular formula is C15H14O3. The molecule has 92 valence electrons. The summed E-state index contributed by atoms with van der Waals surface area (Å²) in [5.41, 5.74) is 2.03. The molecule has 0 saturated carbocycles. The lowest BCUT2D eigenvalue weighted by molar-refractivity contribution is -0.179. The van der Waals surface area contributed by atoms with Gasteiger partial charge in [-0.1, -0.05) is 54.6 Å². The number of rotatable bonds is 4. The molecule has 2 aromatic rings. The summed E-state index contributed by atoms with van der Waals surface area (Å²) in [4.78, 5) is 0. The van der Waals surface area contributed by atoms with E-state index in [1.807, 2.05) is 48.6 Å². The predicted molar refractivity (Wildman–Crippen MR) is 70.7 cm³/mol. The molecular weight excluding hydrogens is 228 g/mol. The Morgan fingerprint density at radius 1 is 0.833 bits per heavy atom. The van der Waals surface area contributed by atoms with E-state index in [2.05, 4.69) is 0 Å².